The Balaban J connectivity index is 1.71. The van der Waals surface area contributed by atoms with E-state index in [1.165, 1.54) is 11.3 Å². The number of para-hydroxylation sites is 1. The van der Waals surface area contributed by atoms with Gasteiger partial charge in [0.2, 0.25) is 0 Å². The molecule has 1 atom stereocenters. The van der Waals surface area contributed by atoms with Crippen LogP contribution in [0, 0.1) is 0 Å². The standard InChI is InChI=1S/C20H24N2O4/c1-14-12-15-6-3-4-7-17(15)22(14)13-18-16(9-11-26-18)20(25)21(2)10-5-8-19(23)24/h3-4,6-7,9,11,14H,5,8,10,12-13H2,1-2H3,(H,23,24). The van der Waals surface area contributed by atoms with E-state index in [0.717, 1.165) is 6.42 Å². The second-order valence-electron chi connectivity index (χ2n) is 6.79. The lowest BCUT2D eigenvalue weighted by Crippen LogP contribution is -2.31. The van der Waals surface area contributed by atoms with Crippen LogP contribution in [0.4, 0.5) is 5.69 Å². The lowest BCUT2D eigenvalue weighted by Gasteiger charge is -2.24. The number of furan rings is 1. The number of hydrogen-bond acceptors (Lipinski definition) is 4. The fraction of sp³-hybridized carbons (Fsp3) is 0.400. The smallest absolute Gasteiger partial charge is 0.303 e. The summed E-state index contributed by atoms with van der Waals surface area (Å²) >= 11 is 0. The molecule has 0 aliphatic carbocycles. The van der Waals surface area contributed by atoms with E-state index in [2.05, 4.69) is 24.0 Å². The fourth-order valence-electron chi connectivity index (χ4n) is 3.45. The van der Waals surface area contributed by atoms with E-state index >= 15 is 0 Å². The number of nitrogens with zero attached hydrogens (tertiary/aromatic N) is 2. The second kappa shape index (κ2) is 7.64. The maximum Gasteiger partial charge on any atom is 0.303 e. The van der Waals surface area contributed by atoms with E-state index < -0.39 is 5.97 Å². The Morgan fingerprint density at radius 3 is 2.85 bits per heavy atom. The molecule has 0 saturated heterocycles. The number of fused-ring (bicyclic) bond motifs is 1. The summed E-state index contributed by atoms with van der Waals surface area (Å²) in [6.45, 7) is 3.11. The molecule has 0 saturated carbocycles. The molecular weight excluding hydrogens is 332 g/mol. The first-order chi connectivity index (χ1) is 12.5. The van der Waals surface area contributed by atoms with Crippen molar-refractivity contribution >= 4 is 17.6 Å². The summed E-state index contributed by atoms with van der Waals surface area (Å²) in [7, 11) is 1.69. The lowest BCUT2D eigenvalue weighted by molar-refractivity contribution is -0.137. The highest BCUT2D eigenvalue weighted by Gasteiger charge is 2.28. The van der Waals surface area contributed by atoms with E-state index in [9.17, 15) is 9.59 Å². The van der Waals surface area contributed by atoms with Gasteiger partial charge in [-0.05, 0) is 37.5 Å². The number of rotatable bonds is 7. The predicted molar refractivity (Wildman–Crippen MR) is 98.3 cm³/mol. The van der Waals surface area contributed by atoms with Crippen LogP contribution >= 0.6 is 0 Å². The monoisotopic (exact) mass is 356 g/mol. The molecular formula is C20H24N2O4. The zero-order valence-corrected chi connectivity index (χ0v) is 15.1. The third kappa shape index (κ3) is 3.74. The Morgan fingerprint density at radius 2 is 2.08 bits per heavy atom. The summed E-state index contributed by atoms with van der Waals surface area (Å²) in [4.78, 5) is 27.2. The number of benzene rings is 1. The minimum Gasteiger partial charge on any atom is -0.481 e. The number of hydrogen-bond donors (Lipinski definition) is 1. The minimum atomic E-state index is -0.850. The molecule has 1 aromatic carbocycles. The molecule has 26 heavy (non-hydrogen) atoms. The van der Waals surface area contributed by atoms with Crippen LogP contribution in [0.1, 0.15) is 41.4 Å². The molecule has 1 amide bonds. The topological polar surface area (TPSA) is 74.0 Å². The quantitative estimate of drug-likeness (QED) is 0.825. The molecule has 2 heterocycles. The molecule has 2 aromatic rings. The van der Waals surface area contributed by atoms with Crippen molar-refractivity contribution in [3.63, 3.8) is 0 Å². The molecule has 1 aliphatic heterocycles. The zero-order chi connectivity index (χ0) is 18.7. The van der Waals surface area contributed by atoms with Gasteiger partial charge in [-0.2, -0.15) is 0 Å². The van der Waals surface area contributed by atoms with Crippen LogP contribution in [0.25, 0.3) is 0 Å². The van der Waals surface area contributed by atoms with Crippen LogP contribution < -0.4 is 4.90 Å². The van der Waals surface area contributed by atoms with E-state index in [-0.39, 0.29) is 12.3 Å². The van der Waals surface area contributed by atoms with Gasteiger partial charge >= 0.3 is 5.97 Å². The molecule has 0 spiro atoms. The summed E-state index contributed by atoms with van der Waals surface area (Å²) in [6.07, 6.45) is 3.01. The van der Waals surface area contributed by atoms with Crippen molar-refractivity contribution in [1.29, 1.82) is 0 Å². The van der Waals surface area contributed by atoms with E-state index in [4.69, 9.17) is 9.52 Å². The molecule has 6 heteroatoms. The Bertz CT molecular complexity index is 799. The third-order valence-electron chi connectivity index (χ3n) is 4.87. The van der Waals surface area contributed by atoms with Gasteiger partial charge in [-0.3, -0.25) is 9.59 Å². The summed E-state index contributed by atoms with van der Waals surface area (Å²) in [5.41, 5.74) is 3.04. The van der Waals surface area contributed by atoms with Gasteiger partial charge in [-0.25, -0.2) is 0 Å². The van der Waals surface area contributed by atoms with Crippen molar-refractivity contribution in [3.8, 4) is 0 Å². The van der Waals surface area contributed by atoms with Crippen LogP contribution in [0.5, 0.6) is 0 Å². The number of carbonyl (C=O) groups is 2. The van der Waals surface area contributed by atoms with E-state index in [1.54, 1.807) is 24.3 Å². The highest BCUT2D eigenvalue weighted by atomic mass is 16.4. The first-order valence-corrected chi connectivity index (χ1v) is 8.85. The van der Waals surface area contributed by atoms with Crippen LogP contribution in [-0.4, -0.2) is 41.5 Å². The Hall–Kier alpha value is -2.76. The average molecular weight is 356 g/mol. The Morgan fingerprint density at radius 1 is 1.31 bits per heavy atom. The second-order valence-corrected chi connectivity index (χ2v) is 6.79. The highest BCUT2D eigenvalue weighted by molar-refractivity contribution is 5.95. The number of carbonyl (C=O) groups excluding carboxylic acids is 1. The van der Waals surface area contributed by atoms with Crippen molar-refractivity contribution in [2.45, 2.75) is 38.8 Å². The number of carboxylic acid groups (broad SMARTS) is 1. The largest absolute Gasteiger partial charge is 0.481 e. The predicted octanol–water partition coefficient (Wildman–Crippen LogP) is 3.17. The van der Waals surface area contributed by atoms with Crippen LogP contribution in [0.2, 0.25) is 0 Å². The summed E-state index contributed by atoms with van der Waals surface area (Å²) in [6, 6.07) is 10.3. The molecule has 3 rings (SSSR count). The molecule has 1 N–H and O–H groups in total. The van der Waals surface area contributed by atoms with E-state index in [1.807, 2.05) is 12.1 Å². The third-order valence-corrected chi connectivity index (χ3v) is 4.87. The van der Waals surface area contributed by atoms with Gasteiger partial charge < -0.3 is 19.3 Å². The zero-order valence-electron chi connectivity index (χ0n) is 15.1. The summed E-state index contributed by atoms with van der Waals surface area (Å²) < 4.78 is 5.62. The van der Waals surface area contributed by atoms with Crippen molar-refractivity contribution < 1.29 is 19.1 Å². The van der Waals surface area contributed by atoms with Crippen LogP contribution in [-0.2, 0) is 17.8 Å². The van der Waals surface area contributed by atoms with Crippen molar-refractivity contribution in [1.82, 2.24) is 4.90 Å². The van der Waals surface area contributed by atoms with Crippen molar-refractivity contribution in [2.75, 3.05) is 18.5 Å². The van der Waals surface area contributed by atoms with Gasteiger partial charge in [0.15, 0.2) is 0 Å². The molecule has 1 aliphatic rings. The first kappa shape index (κ1) is 18.0. The SMILES string of the molecule is CC1Cc2ccccc2N1Cc1occc1C(=O)N(C)CCCC(=O)O. The Kier molecular flexibility index (Phi) is 5.30. The molecule has 138 valence electrons. The number of anilines is 1. The molecule has 1 unspecified atom stereocenters. The van der Waals surface area contributed by atoms with Crippen molar-refractivity contribution in [2.24, 2.45) is 0 Å². The van der Waals surface area contributed by atoms with Crippen molar-refractivity contribution in [3.05, 3.63) is 53.5 Å². The molecule has 0 bridgehead atoms. The molecule has 0 radical (unpaired) electrons. The van der Waals surface area contributed by atoms with E-state index in [0.29, 0.717) is 36.9 Å². The number of amides is 1. The van der Waals surface area contributed by atoms with Crippen LogP contribution in [0.15, 0.2) is 41.0 Å². The first-order valence-electron chi connectivity index (χ1n) is 8.85. The van der Waals surface area contributed by atoms with Gasteiger partial charge in [-0.1, -0.05) is 18.2 Å². The van der Waals surface area contributed by atoms with Crippen LogP contribution in [0.3, 0.4) is 0 Å². The van der Waals surface area contributed by atoms with Gasteiger partial charge in [0, 0.05) is 31.7 Å². The summed E-state index contributed by atoms with van der Waals surface area (Å²) in [5.74, 6) is -0.348. The minimum absolute atomic E-state index is 0.0535. The highest BCUT2D eigenvalue weighted by Crippen LogP contribution is 2.33. The average Bonchev–Trinajstić information content (AvgIpc) is 3.19. The molecule has 6 nitrogen and oxygen atoms in total. The fourth-order valence-corrected chi connectivity index (χ4v) is 3.45. The summed E-state index contributed by atoms with van der Waals surface area (Å²) in [5, 5.41) is 8.73. The van der Waals surface area contributed by atoms with Gasteiger partial charge in [0.1, 0.15) is 5.76 Å². The van der Waals surface area contributed by atoms with Gasteiger partial charge in [0.25, 0.3) is 5.91 Å². The maximum absolute atomic E-state index is 12.7. The number of aliphatic carboxylic acids is 1. The van der Waals surface area contributed by atoms with Gasteiger partial charge in [-0.15, -0.1) is 0 Å². The molecule has 0 fully saturated rings. The Labute approximate surface area is 153 Å². The molecule has 1 aromatic heterocycles. The normalized spacial score (nSPS) is 15.8. The lowest BCUT2D eigenvalue weighted by atomic mass is 10.1. The van der Waals surface area contributed by atoms with Gasteiger partial charge in [0.05, 0.1) is 18.4 Å². The number of carboxylic acids is 1. The maximum atomic E-state index is 12.7.